The molecule has 5 heteroatoms. The van der Waals surface area contributed by atoms with Crippen molar-refractivity contribution in [2.75, 3.05) is 44.3 Å². The molecule has 0 saturated carbocycles. The van der Waals surface area contributed by atoms with E-state index in [-0.39, 0.29) is 0 Å². The third kappa shape index (κ3) is 2.67. The van der Waals surface area contributed by atoms with Crippen LogP contribution in [0.2, 0.25) is 0 Å². The SMILES string of the molecule is Nc1cc(N)c2oc(CCN3CCOCC3)cc2c1. The van der Waals surface area contributed by atoms with E-state index < -0.39 is 0 Å². The maximum atomic E-state index is 5.91. The van der Waals surface area contributed by atoms with Crippen molar-refractivity contribution in [3.8, 4) is 0 Å². The zero-order valence-corrected chi connectivity index (χ0v) is 10.9. The molecule has 1 aliphatic heterocycles. The zero-order valence-electron chi connectivity index (χ0n) is 10.9. The maximum Gasteiger partial charge on any atom is 0.157 e. The quantitative estimate of drug-likeness (QED) is 0.818. The monoisotopic (exact) mass is 261 g/mol. The smallest absolute Gasteiger partial charge is 0.157 e. The van der Waals surface area contributed by atoms with Crippen LogP contribution in [0.15, 0.2) is 22.6 Å². The Morgan fingerprint density at radius 1 is 1.11 bits per heavy atom. The lowest BCUT2D eigenvalue weighted by Gasteiger charge is -2.25. The van der Waals surface area contributed by atoms with Gasteiger partial charge >= 0.3 is 0 Å². The number of nitrogens with zero attached hydrogens (tertiary/aromatic N) is 1. The summed E-state index contributed by atoms with van der Waals surface area (Å²) < 4.78 is 11.1. The van der Waals surface area contributed by atoms with Crippen LogP contribution in [0.3, 0.4) is 0 Å². The number of fused-ring (bicyclic) bond motifs is 1. The Morgan fingerprint density at radius 2 is 1.89 bits per heavy atom. The molecule has 0 radical (unpaired) electrons. The molecule has 0 unspecified atom stereocenters. The number of benzene rings is 1. The van der Waals surface area contributed by atoms with Crippen LogP contribution < -0.4 is 11.5 Å². The number of ether oxygens (including phenoxy) is 1. The van der Waals surface area contributed by atoms with Crippen molar-refractivity contribution in [2.24, 2.45) is 0 Å². The third-order valence-electron chi connectivity index (χ3n) is 3.50. The molecular weight excluding hydrogens is 242 g/mol. The van der Waals surface area contributed by atoms with Crippen LogP contribution in [-0.4, -0.2) is 37.7 Å². The predicted molar refractivity (Wildman–Crippen MR) is 76.0 cm³/mol. The molecule has 0 bridgehead atoms. The molecule has 1 saturated heterocycles. The summed E-state index contributed by atoms with van der Waals surface area (Å²) in [6.45, 7) is 4.62. The van der Waals surface area contributed by atoms with E-state index in [9.17, 15) is 0 Å². The topological polar surface area (TPSA) is 77.7 Å². The lowest BCUT2D eigenvalue weighted by atomic mass is 10.2. The zero-order chi connectivity index (χ0) is 13.2. The molecule has 0 atom stereocenters. The largest absolute Gasteiger partial charge is 0.459 e. The average molecular weight is 261 g/mol. The molecule has 0 aliphatic carbocycles. The first-order valence-electron chi connectivity index (χ1n) is 6.60. The van der Waals surface area contributed by atoms with Gasteiger partial charge in [0, 0.05) is 37.1 Å². The van der Waals surface area contributed by atoms with Gasteiger partial charge in [0.1, 0.15) is 5.76 Å². The summed E-state index contributed by atoms with van der Waals surface area (Å²) in [4.78, 5) is 2.38. The molecule has 4 N–H and O–H groups in total. The predicted octanol–water partition coefficient (Wildman–Crippen LogP) is 1.47. The van der Waals surface area contributed by atoms with Crippen LogP contribution in [0.25, 0.3) is 11.0 Å². The molecule has 2 heterocycles. The Bertz CT molecular complexity index is 573. The van der Waals surface area contributed by atoms with Crippen molar-refractivity contribution < 1.29 is 9.15 Å². The highest BCUT2D eigenvalue weighted by Gasteiger charge is 2.12. The standard InChI is InChI=1S/C14H19N3O2/c15-11-7-10-8-12(19-14(10)13(16)9-11)1-2-17-3-5-18-6-4-17/h7-9H,1-6,15-16H2. The third-order valence-corrected chi connectivity index (χ3v) is 3.50. The minimum Gasteiger partial charge on any atom is -0.459 e. The van der Waals surface area contributed by atoms with E-state index in [4.69, 9.17) is 20.6 Å². The fourth-order valence-electron chi connectivity index (χ4n) is 2.47. The number of hydrogen-bond acceptors (Lipinski definition) is 5. The molecule has 0 spiro atoms. The van der Waals surface area contributed by atoms with Crippen molar-refractivity contribution in [1.82, 2.24) is 4.90 Å². The minimum absolute atomic E-state index is 0.604. The number of furan rings is 1. The van der Waals surface area contributed by atoms with E-state index in [1.807, 2.05) is 12.1 Å². The van der Waals surface area contributed by atoms with Gasteiger partial charge in [-0.3, -0.25) is 4.90 Å². The van der Waals surface area contributed by atoms with Crippen LogP contribution >= 0.6 is 0 Å². The summed E-state index contributed by atoms with van der Waals surface area (Å²) in [5.74, 6) is 0.957. The van der Waals surface area contributed by atoms with Gasteiger partial charge in [0.25, 0.3) is 0 Å². The van der Waals surface area contributed by atoms with E-state index >= 15 is 0 Å². The van der Waals surface area contributed by atoms with Crippen LogP contribution in [-0.2, 0) is 11.2 Å². The number of hydrogen-bond donors (Lipinski definition) is 2. The molecule has 5 nitrogen and oxygen atoms in total. The van der Waals surface area contributed by atoms with E-state index in [0.717, 1.165) is 56.0 Å². The van der Waals surface area contributed by atoms with E-state index in [0.29, 0.717) is 11.4 Å². The van der Waals surface area contributed by atoms with Crippen LogP contribution in [0.4, 0.5) is 11.4 Å². The van der Waals surface area contributed by atoms with Gasteiger partial charge in [-0.05, 0) is 18.2 Å². The Hall–Kier alpha value is -1.72. The molecule has 19 heavy (non-hydrogen) atoms. The number of morpholine rings is 1. The molecule has 102 valence electrons. The normalized spacial score (nSPS) is 17.1. The Labute approximate surface area is 112 Å². The molecule has 1 aliphatic rings. The molecule has 0 amide bonds. The van der Waals surface area contributed by atoms with E-state index in [1.54, 1.807) is 6.07 Å². The Morgan fingerprint density at radius 3 is 2.68 bits per heavy atom. The van der Waals surface area contributed by atoms with Crippen LogP contribution in [0.1, 0.15) is 5.76 Å². The summed E-state index contributed by atoms with van der Waals surface area (Å²) in [6.07, 6.45) is 0.883. The van der Waals surface area contributed by atoms with Crippen molar-refractivity contribution in [1.29, 1.82) is 0 Å². The van der Waals surface area contributed by atoms with Gasteiger partial charge in [0.05, 0.1) is 18.9 Å². The van der Waals surface area contributed by atoms with Crippen LogP contribution in [0.5, 0.6) is 0 Å². The Kier molecular flexibility index (Phi) is 3.31. The number of nitrogen functional groups attached to an aromatic ring is 2. The van der Waals surface area contributed by atoms with Gasteiger partial charge in [-0.2, -0.15) is 0 Å². The average Bonchev–Trinajstić information content (AvgIpc) is 2.81. The van der Waals surface area contributed by atoms with Gasteiger partial charge in [0.2, 0.25) is 0 Å². The summed E-state index contributed by atoms with van der Waals surface area (Å²) in [5.41, 5.74) is 13.7. The highest BCUT2D eigenvalue weighted by Crippen LogP contribution is 2.28. The first kappa shape index (κ1) is 12.3. The first-order valence-corrected chi connectivity index (χ1v) is 6.60. The Balaban J connectivity index is 1.72. The van der Waals surface area contributed by atoms with Crippen molar-refractivity contribution in [3.63, 3.8) is 0 Å². The summed E-state index contributed by atoms with van der Waals surface area (Å²) >= 11 is 0. The highest BCUT2D eigenvalue weighted by atomic mass is 16.5. The van der Waals surface area contributed by atoms with Gasteiger partial charge in [-0.25, -0.2) is 0 Å². The lowest BCUT2D eigenvalue weighted by molar-refractivity contribution is 0.0379. The molecule has 2 aromatic rings. The second-order valence-electron chi connectivity index (χ2n) is 4.95. The summed E-state index contributed by atoms with van der Waals surface area (Å²) in [5, 5.41) is 0.981. The van der Waals surface area contributed by atoms with E-state index in [1.165, 1.54) is 0 Å². The van der Waals surface area contributed by atoms with Crippen molar-refractivity contribution in [2.45, 2.75) is 6.42 Å². The van der Waals surface area contributed by atoms with Crippen molar-refractivity contribution >= 4 is 22.3 Å². The molecule has 1 aromatic heterocycles. The maximum absolute atomic E-state index is 5.91. The molecule has 3 rings (SSSR count). The first-order chi connectivity index (χ1) is 9.22. The number of rotatable bonds is 3. The van der Waals surface area contributed by atoms with Gasteiger partial charge in [-0.15, -0.1) is 0 Å². The molecular formula is C14H19N3O2. The van der Waals surface area contributed by atoms with Gasteiger partial charge in [0.15, 0.2) is 5.58 Å². The number of nitrogens with two attached hydrogens (primary N) is 2. The van der Waals surface area contributed by atoms with Crippen LogP contribution in [0, 0.1) is 0 Å². The molecule has 1 fully saturated rings. The van der Waals surface area contributed by atoms with Gasteiger partial charge in [-0.1, -0.05) is 0 Å². The second-order valence-corrected chi connectivity index (χ2v) is 4.95. The fourth-order valence-corrected chi connectivity index (χ4v) is 2.47. The lowest BCUT2D eigenvalue weighted by Crippen LogP contribution is -2.37. The summed E-state index contributed by atoms with van der Waals surface area (Å²) in [7, 11) is 0. The van der Waals surface area contributed by atoms with Gasteiger partial charge < -0.3 is 20.6 Å². The summed E-state index contributed by atoms with van der Waals surface area (Å²) in [6, 6.07) is 5.66. The minimum atomic E-state index is 0.604. The fraction of sp³-hybridized carbons (Fsp3) is 0.429. The molecule has 1 aromatic carbocycles. The number of anilines is 2. The highest BCUT2D eigenvalue weighted by molar-refractivity contribution is 5.91. The van der Waals surface area contributed by atoms with E-state index in [2.05, 4.69) is 4.90 Å². The van der Waals surface area contributed by atoms with Crippen molar-refractivity contribution in [3.05, 3.63) is 24.0 Å². The second kappa shape index (κ2) is 5.11.